The molecule has 1 aliphatic rings. The zero-order valence-electron chi connectivity index (χ0n) is 11.7. The number of carbonyl (C=O) groups is 1. The van der Waals surface area contributed by atoms with Gasteiger partial charge in [-0.2, -0.15) is 0 Å². The van der Waals surface area contributed by atoms with Crippen LogP contribution in [0.1, 0.15) is 62.4 Å². The molecule has 0 fully saturated rings. The summed E-state index contributed by atoms with van der Waals surface area (Å²) < 4.78 is 0. The number of aromatic nitrogens is 2. The maximum absolute atomic E-state index is 11.5. The van der Waals surface area contributed by atoms with Crippen molar-refractivity contribution in [1.82, 2.24) is 9.97 Å². The lowest BCUT2D eigenvalue weighted by molar-refractivity contribution is -0.139. The first kappa shape index (κ1) is 14.0. The van der Waals surface area contributed by atoms with Crippen LogP contribution in [0.4, 0.5) is 0 Å². The Kier molecular flexibility index (Phi) is 4.51. The standard InChI is InChI=1S/C15H22N2O2/c1-10(2)8-12(15(18)19)14-11-6-4-3-5-7-13(11)16-9-17-14/h9-10,12H,3-8H2,1-2H3,(H,18,19). The van der Waals surface area contributed by atoms with Crippen molar-refractivity contribution in [3.8, 4) is 0 Å². The monoisotopic (exact) mass is 262 g/mol. The molecule has 2 rings (SSSR count). The molecule has 0 amide bonds. The van der Waals surface area contributed by atoms with E-state index in [1.165, 1.54) is 12.7 Å². The second-order valence-corrected chi connectivity index (χ2v) is 5.77. The first-order valence-corrected chi connectivity index (χ1v) is 7.15. The molecule has 1 heterocycles. The highest BCUT2D eigenvalue weighted by Crippen LogP contribution is 2.29. The van der Waals surface area contributed by atoms with Crippen LogP contribution in [-0.4, -0.2) is 21.0 Å². The van der Waals surface area contributed by atoms with E-state index in [2.05, 4.69) is 23.8 Å². The molecule has 104 valence electrons. The predicted molar refractivity (Wildman–Crippen MR) is 73.1 cm³/mol. The number of fused-ring (bicyclic) bond motifs is 1. The van der Waals surface area contributed by atoms with Gasteiger partial charge in [-0.15, -0.1) is 0 Å². The summed E-state index contributed by atoms with van der Waals surface area (Å²) in [6.07, 6.45) is 7.51. The first-order chi connectivity index (χ1) is 9.09. The molecular formula is C15H22N2O2. The molecule has 1 N–H and O–H groups in total. The van der Waals surface area contributed by atoms with Crippen molar-refractivity contribution in [1.29, 1.82) is 0 Å². The van der Waals surface area contributed by atoms with Gasteiger partial charge in [-0.1, -0.05) is 20.3 Å². The smallest absolute Gasteiger partial charge is 0.312 e. The van der Waals surface area contributed by atoms with Crippen LogP contribution < -0.4 is 0 Å². The lowest BCUT2D eigenvalue weighted by atomic mass is 9.89. The van der Waals surface area contributed by atoms with Crippen molar-refractivity contribution in [3.63, 3.8) is 0 Å². The fourth-order valence-electron chi connectivity index (χ4n) is 2.82. The summed E-state index contributed by atoms with van der Waals surface area (Å²) >= 11 is 0. The maximum Gasteiger partial charge on any atom is 0.312 e. The van der Waals surface area contributed by atoms with Gasteiger partial charge in [0.1, 0.15) is 6.33 Å². The van der Waals surface area contributed by atoms with E-state index < -0.39 is 11.9 Å². The molecule has 1 aromatic rings. The molecule has 4 nitrogen and oxygen atoms in total. The van der Waals surface area contributed by atoms with Gasteiger partial charge in [0.15, 0.2) is 0 Å². The quantitative estimate of drug-likeness (QED) is 0.847. The van der Waals surface area contributed by atoms with Crippen molar-refractivity contribution in [2.75, 3.05) is 0 Å². The number of aryl methyl sites for hydroxylation is 1. The molecule has 1 atom stereocenters. The zero-order valence-corrected chi connectivity index (χ0v) is 11.7. The number of hydrogen-bond donors (Lipinski definition) is 1. The van der Waals surface area contributed by atoms with Crippen LogP contribution in [0.15, 0.2) is 6.33 Å². The van der Waals surface area contributed by atoms with E-state index in [0.717, 1.165) is 42.6 Å². The molecule has 1 unspecified atom stereocenters. The van der Waals surface area contributed by atoms with Crippen LogP contribution in [-0.2, 0) is 17.6 Å². The minimum Gasteiger partial charge on any atom is -0.481 e. The van der Waals surface area contributed by atoms with Gasteiger partial charge in [0.25, 0.3) is 0 Å². The third kappa shape index (κ3) is 3.31. The van der Waals surface area contributed by atoms with Gasteiger partial charge in [-0.3, -0.25) is 4.79 Å². The average Bonchev–Trinajstić information content (AvgIpc) is 2.60. The van der Waals surface area contributed by atoms with Crippen molar-refractivity contribution >= 4 is 5.97 Å². The van der Waals surface area contributed by atoms with Gasteiger partial charge in [0, 0.05) is 5.69 Å². The molecule has 19 heavy (non-hydrogen) atoms. The maximum atomic E-state index is 11.5. The number of carboxylic acids is 1. The van der Waals surface area contributed by atoms with E-state index in [-0.39, 0.29) is 0 Å². The number of aliphatic carboxylic acids is 1. The molecule has 0 saturated carbocycles. The molecule has 0 saturated heterocycles. The highest BCUT2D eigenvalue weighted by Gasteiger charge is 2.27. The summed E-state index contributed by atoms with van der Waals surface area (Å²) in [4.78, 5) is 20.2. The predicted octanol–water partition coefficient (Wildman–Crippen LogP) is 2.96. The third-order valence-electron chi connectivity index (χ3n) is 3.74. The average molecular weight is 262 g/mol. The second kappa shape index (κ2) is 6.13. The third-order valence-corrected chi connectivity index (χ3v) is 3.74. The Balaban J connectivity index is 2.39. The Morgan fingerprint density at radius 1 is 1.26 bits per heavy atom. The van der Waals surface area contributed by atoms with Crippen LogP contribution in [0, 0.1) is 5.92 Å². The van der Waals surface area contributed by atoms with E-state index >= 15 is 0 Å². The van der Waals surface area contributed by atoms with Crippen LogP contribution in [0.2, 0.25) is 0 Å². The van der Waals surface area contributed by atoms with Crippen LogP contribution >= 0.6 is 0 Å². The molecule has 0 spiro atoms. The van der Waals surface area contributed by atoms with Crippen molar-refractivity contribution < 1.29 is 9.90 Å². The fourth-order valence-corrected chi connectivity index (χ4v) is 2.82. The Bertz CT molecular complexity index is 457. The van der Waals surface area contributed by atoms with Crippen LogP contribution in [0.3, 0.4) is 0 Å². The summed E-state index contributed by atoms with van der Waals surface area (Å²) in [5.74, 6) is -0.911. The van der Waals surface area contributed by atoms with Crippen molar-refractivity contribution in [2.45, 2.75) is 58.3 Å². The summed E-state index contributed by atoms with van der Waals surface area (Å²) in [6, 6.07) is 0. The molecule has 0 bridgehead atoms. The number of nitrogens with zero attached hydrogens (tertiary/aromatic N) is 2. The van der Waals surface area contributed by atoms with Crippen molar-refractivity contribution in [2.24, 2.45) is 5.92 Å². The lowest BCUT2D eigenvalue weighted by Gasteiger charge is -2.18. The van der Waals surface area contributed by atoms with Gasteiger partial charge in [-0.25, -0.2) is 9.97 Å². The van der Waals surface area contributed by atoms with E-state index in [4.69, 9.17) is 0 Å². The molecule has 4 heteroatoms. The Labute approximate surface area is 114 Å². The van der Waals surface area contributed by atoms with Gasteiger partial charge in [-0.05, 0) is 43.6 Å². The zero-order chi connectivity index (χ0) is 13.8. The summed E-state index contributed by atoms with van der Waals surface area (Å²) in [5, 5.41) is 9.49. The highest BCUT2D eigenvalue weighted by atomic mass is 16.4. The SMILES string of the molecule is CC(C)CC(C(=O)O)c1ncnc2c1CCCCC2. The molecule has 0 radical (unpaired) electrons. The second-order valence-electron chi connectivity index (χ2n) is 5.77. The summed E-state index contributed by atoms with van der Waals surface area (Å²) in [7, 11) is 0. The first-order valence-electron chi connectivity index (χ1n) is 7.15. The number of carboxylic acid groups (broad SMARTS) is 1. The minimum absolute atomic E-state index is 0.345. The normalized spacial score (nSPS) is 16.8. The Morgan fingerprint density at radius 2 is 2.00 bits per heavy atom. The van der Waals surface area contributed by atoms with Crippen molar-refractivity contribution in [3.05, 3.63) is 23.3 Å². The number of rotatable bonds is 4. The molecule has 1 aliphatic carbocycles. The van der Waals surface area contributed by atoms with E-state index in [9.17, 15) is 9.90 Å². The molecule has 1 aromatic heterocycles. The van der Waals surface area contributed by atoms with Gasteiger partial charge < -0.3 is 5.11 Å². The molecule has 0 aliphatic heterocycles. The summed E-state index contributed by atoms with van der Waals surface area (Å²) in [6.45, 7) is 4.10. The largest absolute Gasteiger partial charge is 0.481 e. The fraction of sp³-hybridized carbons (Fsp3) is 0.667. The molecular weight excluding hydrogens is 240 g/mol. The van der Waals surface area contributed by atoms with E-state index in [0.29, 0.717) is 12.3 Å². The topological polar surface area (TPSA) is 63.1 Å². The highest BCUT2D eigenvalue weighted by molar-refractivity contribution is 5.76. The minimum atomic E-state index is -0.765. The van der Waals surface area contributed by atoms with E-state index in [1.54, 1.807) is 0 Å². The molecule has 0 aromatic carbocycles. The Hall–Kier alpha value is -1.45. The Morgan fingerprint density at radius 3 is 2.68 bits per heavy atom. The van der Waals surface area contributed by atoms with Gasteiger partial charge in [0.2, 0.25) is 0 Å². The van der Waals surface area contributed by atoms with Gasteiger partial charge in [0.05, 0.1) is 11.6 Å². The van der Waals surface area contributed by atoms with Gasteiger partial charge >= 0.3 is 5.97 Å². The van der Waals surface area contributed by atoms with Crippen LogP contribution in [0.25, 0.3) is 0 Å². The lowest BCUT2D eigenvalue weighted by Crippen LogP contribution is -2.18. The van der Waals surface area contributed by atoms with Crippen LogP contribution in [0.5, 0.6) is 0 Å². The summed E-state index contributed by atoms with van der Waals surface area (Å²) in [5.41, 5.74) is 2.93. The van der Waals surface area contributed by atoms with E-state index in [1.807, 2.05) is 0 Å². The number of hydrogen-bond acceptors (Lipinski definition) is 3.